The largest absolute Gasteiger partial charge is 1.00 e. The number of imidazole rings is 1. The van der Waals surface area contributed by atoms with Gasteiger partial charge in [-0.1, -0.05) is 0 Å². The van der Waals surface area contributed by atoms with Crippen molar-refractivity contribution in [2.45, 2.75) is 49.1 Å². The number of carboxylic acids is 1. The first kappa shape index (κ1) is 51.2. The van der Waals surface area contributed by atoms with Gasteiger partial charge in [0.25, 0.3) is 21.9 Å². The third-order valence-corrected chi connectivity index (χ3v) is 9.94. The van der Waals surface area contributed by atoms with Gasteiger partial charge in [0.15, 0.2) is 36.2 Å². The molecule has 24 nitrogen and oxygen atoms in total. The van der Waals surface area contributed by atoms with Gasteiger partial charge < -0.3 is 78.1 Å². The summed E-state index contributed by atoms with van der Waals surface area (Å²) in [5.74, 6) is -1.66. The van der Waals surface area contributed by atoms with Gasteiger partial charge in [-0.3, -0.25) is 13.7 Å². The molecular formula is C21H23N6Na4O18P3. The van der Waals surface area contributed by atoms with Crippen molar-refractivity contribution in [3.8, 4) is 0 Å². The van der Waals surface area contributed by atoms with Crippen LogP contribution < -0.4 is 153 Å². The van der Waals surface area contributed by atoms with Crippen LogP contribution in [0.4, 0.5) is 5.82 Å². The second-order valence-electron chi connectivity index (χ2n) is 10.1. The summed E-state index contributed by atoms with van der Waals surface area (Å²) in [7, 11) is -17.5. The third kappa shape index (κ3) is 12.6. The molecule has 2 aliphatic heterocycles. The van der Waals surface area contributed by atoms with E-state index < -0.39 is 91.7 Å². The molecule has 2 aliphatic rings. The summed E-state index contributed by atoms with van der Waals surface area (Å²) in [6.45, 7) is -2.32. The van der Waals surface area contributed by atoms with E-state index in [4.69, 9.17) is 15.2 Å². The summed E-state index contributed by atoms with van der Waals surface area (Å²) in [4.78, 5) is 70.2. The molecule has 31 heteroatoms. The van der Waals surface area contributed by atoms with E-state index in [1.807, 2.05) is 0 Å². The molecule has 0 bridgehead atoms. The average Bonchev–Trinajstić information content (AvgIpc) is 3.64. The molecule has 2 saturated heterocycles. The second kappa shape index (κ2) is 20.7. The van der Waals surface area contributed by atoms with Crippen LogP contribution in [0.3, 0.4) is 0 Å². The average molecular weight is 832 g/mol. The minimum atomic E-state index is -5.88. The van der Waals surface area contributed by atoms with Gasteiger partial charge in [0, 0.05) is 6.07 Å². The number of nitrogens with two attached hydrogens (primary N) is 1. The van der Waals surface area contributed by atoms with Crippen molar-refractivity contribution in [1.29, 1.82) is 0 Å². The number of aliphatic hydroxyl groups excluding tert-OH is 3. The quantitative estimate of drug-likeness (QED) is 0.0705. The summed E-state index contributed by atoms with van der Waals surface area (Å²) >= 11 is 0. The maximum Gasteiger partial charge on any atom is 1.00 e. The number of fused-ring (bicyclic) bond motifs is 1. The standard InChI is InChI=1S/C21H27N6O18P3.4Na/c22-17-12-18(24-7-23-17)27(8-25-12)20-16(44-46(33,34)35)14(29)11(43-20)6-41-48(38,39)45-47(36,37)40-5-10-13(28)15(30)19(42-10)26-3-1-2-9(4-26)21(31)32;;;;/h1-4,7-8,10-11,13-16,19-20,28-30H,5-6H2,(H6-,22,23,24,31,32,33,34,35,36,37,38,39);;;;/q;4*+1/p-4/t10-,11-,13-,14-,15-,16-,19-,20-;;;;/m1..../s1. The van der Waals surface area contributed by atoms with E-state index in [2.05, 4.69) is 32.8 Å². The number of pyridine rings is 1. The Morgan fingerprint density at radius 2 is 1.52 bits per heavy atom. The van der Waals surface area contributed by atoms with E-state index in [9.17, 15) is 58.5 Å². The molecule has 5 N–H and O–H groups in total. The fraction of sp³-hybridized carbons (Fsp3) is 0.476. The fourth-order valence-corrected chi connectivity index (χ4v) is 7.33. The van der Waals surface area contributed by atoms with Crippen molar-refractivity contribution < 1.29 is 209 Å². The molecule has 3 aromatic rings. The van der Waals surface area contributed by atoms with Gasteiger partial charge in [-0.2, -0.15) is 4.57 Å². The number of hydrogen-bond donors (Lipinski definition) is 4. The molecule has 2 fully saturated rings. The van der Waals surface area contributed by atoms with Crippen LogP contribution in [-0.4, -0.2) is 90.6 Å². The molecule has 0 aliphatic carbocycles. The van der Waals surface area contributed by atoms with E-state index >= 15 is 0 Å². The zero-order chi connectivity index (χ0) is 35.2. The number of carboxylic acid groups (broad SMARTS) is 1. The zero-order valence-corrected chi connectivity index (χ0v) is 38.3. The Hall–Kier alpha value is 1.14. The van der Waals surface area contributed by atoms with Crippen molar-refractivity contribution in [3.63, 3.8) is 0 Å². The molecule has 0 radical (unpaired) electrons. The number of phosphoric acid groups is 3. The van der Waals surface area contributed by atoms with Crippen molar-refractivity contribution in [2.75, 3.05) is 18.9 Å². The number of aromatic carboxylic acids is 1. The number of carbonyl (C=O) groups is 1. The van der Waals surface area contributed by atoms with E-state index in [-0.39, 0.29) is 141 Å². The zero-order valence-electron chi connectivity index (χ0n) is 27.6. The molecule has 2 unspecified atom stereocenters. The Labute approximate surface area is 381 Å². The predicted octanol–water partition coefficient (Wildman–Crippen LogP) is -18.1. The number of aliphatic hydroxyl groups is 3. The maximum absolute atomic E-state index is 12.4. The molecule has 0 amide bonds. The van der Waals surface area contributed by atoms with Crippen LogP contribution in [0.1, 0.15) is 22.8 Å². The summed E-state index contributed by atoms with van der Waals surface area (Å²) in [5, 5.41) is 42.4. The van der Waals surface area contributed by atoms with Crippen molar-refractivity contribution in [3.05, 3.63) is 42.7 Å². The predicted molar refractivity (Wildman–Crippen MR) is 137 cm³/mol. The van der Waals surface area contributed by atoms with Crippen LogP contribution in [0, 0.1) is 0 Å². The van der Waals surface area contributed by atoms with Crippen LogP contribution >= 0.6 is 23.5 Å². The number of anilines is 1. The van der Waals surface area contributed by atoms with E-state index in [0.717, 1.165) is 28.0 Å². The number of aromatic nitrogens is 5. The second-order valence-corrected chi connectivity index (χ2v) is 14.2. The normalized spacial score (nSPS) is 28.0. The molecule has 0 saturated carbocycles. The Kier molecular flexibility index (Phi) is 20.4. The molecule has 5 heterocycles. The van der Waals surface area contributed by atoms with Gasteiger partial charge >= 0.3 is 118 Å². The molecule has 10 atom stereocenters. The number of ether oxygens (including phenoxy) is 2. The maximum atomic E-state index is 12.4. The Bertz CT molecular complexity index is 1830. The van der Waals surface area contributed by atoms with Crippen molar-refractivity contribution in [2.24, 2.45) is 0 Å². The van der Waals surface area contributed by atoms with Crippen LogP contribution in [0.5, 0.6) is 0 Å². The fourth-order valence-electron chi connectivity index (χ4n) is 4.78. The molecule has 0 aromatic carbocycles. The summed E-state index contributed by atoms with van der Waals surface area (Å²) in [6, 6.07) is 2.44. The van der Waals surface area contributed by atoms with Crippen LogP contribution in [0.15, 0.2) is 37.2 Å². The molecule has 0 spiro atoms. The van der Waals surface area contributed by atoms with Crippen molar-refractivity contribution in [1.82, 2.24) is 19.5 Å². The van der Waals surface area contributed by atoms with Gasteiger partial charge in [0.05, 0.1) is 38.9 Å². The number of phosphoric ester groups is 3. The molecular weight excluding hydrogens is 809 g/mol. The molecule has 264 valence electrons. The number of carbonyl (C=O) groups excluding carboxylic acids is 1. The first-order chi connectivity index (χ1) is 22.4. The van der Waals surface area contributed by atoms with Gasteiger partial charge in [0.2, 0.25) is 0 Å². The van der Waals surface area contributed by atoms with Crippen LogP contribution in [0.2, 0.25) is 0 Å². The van der Waals surface area contributed by atoms with Gasteiger partial charge in [0.1, 0.15) is 42.4 Å². The number of rotatable bonds is 13. The minimum Gasteiger partial charge on any atom is -0.790 e. The van der Waals surface area contributed by atoms with Crippen LogP contribution in [0.25, 0.3) is 11.2 Å². The van der Waals surface area contributed by atoms with Crippen molar-refractivity contribution >= 4 is 46.4 Å². The third-order valence-electron chi connectivity index (χ3n) is 6.91. The van der Waals surface area contributed by atoms with Gasteiger partial charge in [-0.15, -0.1) is 0 Å². The number of nitrogen functional groups attached to an aromatic ring is 1. The number of nitrogens with zero attached hydrogens (tertiary/aromatic N) is 5. The summed E-state index contributed by atoms with van der Waals surface area (Å²) in [5.41, 5.74) is 5.35. The first-order valence-electron chi connectivity index (χ1n) is 13.2. The Morgan fingerprint density at radius 1 is 0.923 bits per heavy atom. The minimum absolute atomic E-state index is 0. The van der Waals surface area contributed by atoms with Crippen LogP contribution in [-0.2, 0) is 41.1 Å². The van der Waals surface area contributed by atoms with E-state index in [0.29, 0.717) is 0 Å². The van der Waals surface area contributed by atoms with Gasteiger partial charge in [-0.05, 0) is 6.07 Å². The Morgan fingerprint density at radius 3 is 2.10 bits per heavy atom. The number of hydrogen-bond acceptors (Lipinski definition) is 22. The first-order valence-corrected chi connectivity index (χ1v) is 17.6. The SMILES string of the molecule is Nc1ncnc2c1ncn2[C@@H]1O[C@H](COP(=O)([O-])OP(=O)([O-])OC[C@H]2O[C@@H]([n+]3cccc(C(=O)[O-])c3)[C@H](O)[C@@H]2O)[C@@H](O)[C@H]1OP(=O)([O-])[O-].[Na+].[Na+].[Na+].[Na+]. The van der Waals surface area contributed by atoms with E-state index in [1.165, 1.54) is 18.3 Å². The summed E-state index contributed by atoms with van der Waals surface area (Å²) < 4.78 is 66.4. The Balaban J connectivity index is 0.00000338. The van der Waals surface area contributed by atoms with E-state index in [1.54, 1.807) is 0 Å². The molecule has 5 rings (SSSR count). The summed E-state index contributed by atoms with van der Waals surface area (Å²) in [6.07, 6.45) is -9.82. The molecule has 3 aromatic heterocycles. The topological polar surface area (TPSA) is 373 Å². The smallest absolute Gasteiger partial charge is 0.790 e. The molecule has 52 heavy (non-hydrogen) atoms. The van der Waals surface area contributed by atoms with Gasteiger partial charge in [-0.25, -0.2) is 19.3 Å². The monoisotopic (exact) mass is 832 g/mol.